The van der Waals surface area contributed by atoms with E-state index in [1.807, 2.05) is 34.6 Å². The first-order chi connectivity index (χ1) is 11.1. The number of carbonyl (C=O) groups is 2. The Balaban J connectivity index is 2.20. The van der Waals surface area contributed by atoms with Gasteiger partial charge in [-0.2, -0.15) is 0 Å². The lowest BCUT2D eigenvalue weighted by Gasteiger charge is -2.36. The largest absolute Gasteiger partial charge is 0.444 e. The smallest absolute Gasteiger partial charge is 0.412 e. The van der Waals surface area contributed by atoms with Crippen LogP contribution in [0.2, 0.25) is 0 Å². The summed E-state index contributed by atoms with van der Waals surface area (Å²) in [5, 5.41) is 0. The van der Waals surface area contributed by atoms with Crippen molar-refractivity contribution in [1.29, 1.82) is 0 Å². The highest BCUT2D eigenvalue weighted by atomic mass is 16.6. The summed E-state index contributed by atoms with van der Waals surface area (Å²) in [5.74, 6) is 0.598. The van der Waals surface area contributed by atoms with Crippen LogP contribution in [-0.2, 0) is 14.3 Å². The van der Waals surface area contributed by atoms with E-state index in [2.05, 4.69) is 0 Å². The topological polar surface area (TPSA) is 55.8 Å². The van der Waals surface area contributed by atoms with E-state index in [9.17, 15) is 9.59 Å². The molecule has 2 atom stereocenters. The first-order valence-electron chi connectivity index (χ1n) is 9.28. The fourth-order valence-electron chi connectivity index (χ4n) is 4.06. The van der Waals surface area contributed by atoms with Crippen LogP contribution in [0.4, 0.5) is 4.79 Å². The van der Waals surface area contributed by atoms with Crippen molar-refractivity contribution in [3.8, 4) is 0 Å². The zero-order valence-electron chi connectivity index (χ0n) is 15.8. The molecule has 138 valence electrons. The molecule has 0 radical (unpaired) electrons. The summed E-state index contributed by atoms with van der Waals surface area (Å²) in [6.07, 6.45) is 7.73. The number of aldehydes is 1. The van der Waals surface area contributed by atoms with Crippen LogP contribution in [0.5, 0.6) is 0 Å². The van der Waals surface area contributed by atoms with Gasteiger partial charge in [-0.1, -0.05) is 32.1 Å². The quantitative estimate of drug-likeness (QED) is 0.717. The van der Waals surface area contributed by atoms with Gasteiger partial charge in [-0.05, 0) is 47.0 Å². The Morgan fingerprint density at radius 1 is 1.25 bits per heavy atom. The first-order valence-corrected chi connectivity index (χ1v) is 9.28. The summed E-state index contributed by atoms with van der Waals surface area (Å²) in [6.45, 7) is 9.38. The van der Waals surface area contributed by atoms with Gasteiger partial charge in [-0.3, -0.25) is 4.90 Å². The summed E-state index contributed by atoms with van der Waals surface area (Å²) in [5.41, 5.74) is -1.30. The molecule has 2 aliphatic rings. The van der Waals surface area contributed by atoms with E-state index in [0.717, 1.165) is 12.7 Å². The molecule has 0 aromatic heterocycles. The second-order valence-electron chi connectivity index (χ2n) is 8.66. The number of carbonyl (C=O) groups excluding carboxylic acids is 2. The number of ether oxygens (including phenoxy) is 2. The molecule has 0 spiro atoms. The molecular formula is C19H33NO4. The Morgan fingerprint density at radius 3 is 2.42 bits per heavy atom. The third-order valence-electron chi connectivity index (χ3n) is 5.00. The monoisotopic (exact) mass is 339 g/mol. The molecule has 5 nitrogen and oxygen atoms in total. The molecule has 1 aliphatic carbocycles. The van der Waals surface area contributed by atoms with E-state index >= 15 is 0 Å². The van der Waals surface area contributed by atoms with Crippen molar-refractivity contribution in [1.82, 2.24) is 4.90 Å². The van der Waals surface area contributed by atoms with E-state index in [1.165, 1.54) is 32.1 Å². The lowest BCUT2D eigenvalue weighted by molar-refractivity contribution is -0.112. The maximum absolute atomic E-state index is 12.8. The number of hydrogen-bond donors (Lipinski definition) is 0. The molecule has 0 N–H and O–H groups in total. The van der Waals surface area contributed by atoms with Crippen LogP contribution in [0.15, 0.2) is 0 Å². The van der Waals surface area contributed by atoms with E-state index in [4.69, 9.17) is 9.47 Å². The molecule has 1 amide bonds. The van der Waals surface area contributed by atoms with Crippen LogP contribution < -0.4 is 0 Å². The Morgan fingerprint density at radius 2 is 1.88 bits per heavy atom. The zero-order chi connectivity index (χ0) is 18.0. The Bertz CT molecular complexity index is 449. The van der Waals surface area contributed by atoms with Crippen molar-refractivity contribution < 1.29 is 19.1 Å². The highest BCUT2D eigenvalue weighted by Crippen LogP contribution is 2.39. The molecule has 1 saturated carbocycles. The molecule has 24 heavy (non-hydrogen) atoms. The normalized spacial score (nSPS) is 28.0. The molecule has 1 saturated heterocycles. The van der Waals surface area contributed by atoms with Crippen molar-refractivity contribution in [3.05, 3.63) is 0 Å². The van der Waals surface area contributed by atoms with E-state index in [-0.39, 0.29) is 18.2 Å². The molecule has 0 aromatic rings. The lowest BCUT2D eigenvalue weighted by atomic mass is 9.83. The van der Waals surface area contributed by atoms with Gasteiger partial charge in [0.1, 0.15) is 17.6 Å². The average molecular weight is 339 g/mol. The van der Waals surface area contributed by atoms with Crippen LogP contribution in [0.3, 0.4) is 0 Å². The summed E-state index contributed by atoms with van der Waals surface area (Å²) in [7, 11) is 0. The number of nitrogens with zero attached hydrogens (tertiary/aromatic N) is 1. The Labute approximate surface area is 146 Å². The van der Waals surface area contributed by atoms with Crippen LogP contribution >= 0.6 is 0 Å². The van der Waals surface area contributed by atoms with Crippen molar-refractivity contribution in [2.24, 2.45) is 5.92 Å². The maximum atomic E-state index is 12.8. The molecule has 5 heteroatoms. The summed E-state index contributed by atoms with van der Waals surface area (Å²) in [4.78, 5) is 25.7. The average Bonchev–Trinajstić information content (AvgIpc) is 2.69. The SMILES string of the molecule is CC(C)(C)OC(=O)N1C(CC2CCCCC2)C(CC=O)OC1(C)C. The number of hydrogen-bond acceptors (Lipinski definition) is 4. The summed E-state index contributed by atoms with van der Waals surface area (Å²) in [6, 6.07) is -0.0943. The van der Waals surface area contributed by atoms with Gasteiger partial charge >= 0.3 is 6.09 Å². The van der Waals surface area contributed by atoms with E-state index < -0.39 is 11.3 Å². The molecule has 2 rings (SSSR count). The van der Waals surface area contributed by atoms with Gasteiger partial charge in [-0.15, -0.1) is 0 Å². The van der Waals surface area contributed by atoms with Gasteiger partial charge < -0.3 is 14.3 Å². The number of rotatable bonds is 4. The highest BCUT2D eigenvalue weighted by Gasteiger charge is 2.51. The van der Waals surface area contributed by atoms with E-state index in [0.29, 0.717) is 12.3 Å². The predicted octanol–water partition coefficient (Wildman–Crippen LogP) is 4.29. The number of amides is 1. The van der Waals surface area contributed by atoms with E-state index in [1.54, 1.807) is 4.90 Å². The maximum Gasteiger partial charge on any atom is 0.412 e. The molecular weight excluding hydrogens is 306 g/mol. The fraction of sp³-hybridized carbons (Fsp3) is 0.895. The zero-order valence-corrected chi connectivity index (χ0v) is 15.8. The molecule has 0 aromatic carbocycles. The van der Waals surface area contributed by atoms with Crippen molar-refractivity contribution in [2.45, 2.75) is 103 Å². The minimum absolute atomic E-state index is 0.0943. The van der Waals surface area contributed by atoms with Crippen LogP contribution in [0.25, 0.3) is 0 Å². The standard InChI is InChI=1S/C19H33NO4/c1-18(2,3)24-17(22)20-15(13-14-9-7-6-8-10-14)16(11-12-21)23-19(20,4)5/h12,14-16H,6-11,13H2,1-5H3. The Hall–Kier alpha value is -1.10. The highest BCUT2D eigenvalue weighted by molar-refractivity contribution is 5.70. The fourth-order valence-corrected chi connectivity index (χ4v) is 4.06. The van der Waals surface area contributed by atoms with Crippen LogP contribution in [-0.4, -0.2) is 40.8 Å². The molecule has 1 heterocycles. The molecule has 1 aliphatic heterocycles. The van der Waals surface area contributed by atoms with Crippen molar-refractivity contribution in [2.75, 3.05) is 0 Å². The van der Waals surface area contributed by atoms with Crippen molar-refractivity contribution >= 4 is 12.4 Å². The van der Waals surface area contributed by atoms with Gasteiger partial charge in [0, 0.05) is 6.42 Å². The third kappa shape index (κ3) is 4.71. The predicted molar refractivity (Wildman–Crippen MR) is 92.7 cm³/mol. The van der Waals surface area contributed by atoms with Gasteiger partial charge in [0.25, 0.3) is 0 Å². The molecule has 0 bridgehead atoms. The van der Waals surface area contributed by atoms with Crippen LogP contribution in [0, 0.1) is 5.92 Å². The van der Waals surface area contributed by atoms with Gasteiger partial charge in [0.2, 0.25) is 0 Å². The van der Waals surface area contributed by atoms with Gasteiger partial charge in [0.05, 0.1) is 12.1 Å². The second kappa shape index (κ2) is 7.42. The minimum Gasteiger partial charge on any atom is -0.444 e. The molecule has 2 fully saturated rings. The van der Waals surface area contributed by atoms with Gasteiger partial charge in [-0.25, -0.2) is 4.79 Å². The van der Waals surface area contributed by atoms with Crippen molar-refractivity contribution in [3.63, 3.8) is 0 Å². The molecule has 2 unspecified atom stereocenters. The van der Waals surface area contributed by atoms with Gasteiger partial charge in [0.15, 0.2) is 0 Å². The summed E-state index contributed by atoms with van der Waals surface area (Å²) >= 11 is 0. The third-order valence-corrected chi connectivity index (χ3v) is 5.00. The van der Waals surface area contributed by atoms with Crippen LogP contribution in [0.1, 0.15) is 79.6 Å². The minimum atomic E-state index is -0.755. The second-order valence-corrected chi connectivity index (χ2v) is 8.66. The lowest BCUT2D eigenvalue weighted by Crippen LogP contribution is -2.50. The Kier molecular flexibility index (Phi) is 5.95. The first kappa shape index (κ1) is 19.2. The summed E-state index contributed by atoms with van der Waals surface area (Å²) < 4.78 is 11.7.